The highest BCUT2D eigenvalue weighted by Crippen LogP contribution is 2.23. The van der Waals surface area contributed by atoms with Crippen LogP contribution in [0, 0.1) is 6.92 Å². The Morgan fingerprint density at radius 1 is 1.05 bits per heavy atom. The van der Waals surface area contributed by atoms with E-state index >= 15 is 0 Å². The van der Waals surface area contributed by atoms with Crippen LogP contribution in [0.4, 0.5) is 11.6 Å². The second kappa shape index (κ2) is 8.79. The average molecular weight is 294 g/mol. The largest absolute Gasteiger partial charge is 0.355 e. The summed E-state index contributed by atoms with van der Waals surface area (Å²) in [5.41, 5.74) is 3.73. The molecule has 21 heavy (non-hydrogen) atoms. The van der Waals surface area contributed by atoms with Gasteiger partial charge in [0.05, 0.1) is 0 Å². The van der Waals surface area contributed by atoms with E-state index in [9.17, 15) is 0 Å². The fourth-order valence-corrected chi connectivity index (χ4v) is 2.25. The van der Waals surface area contributed by atoms with Gasteiger partial charge in [0, 0.05) is 31.6 Å². The van der Waals surface area contributed by atoms with Crippen LogP contribution in [0.2, 0.25) is 0 Å². The van der Waals surface area contributed by atoms with Gasteiger partial charge in [0.2, 0.25) is 0 Å². The number of rotatable bonds is 9. The van der Waals surface area contributed by atoms with Crippen LogP contribution in [-0.4, -0.2) is 48.6 Å². The molecule has 0 atom stereocenters. The SMILES string of the molecule is CCCc1nc(NN)c(C)c(N(CCC)CCN(C)C)n1. The van der Waals surface area contributed by atoms with E-state index in [-0.39, 0.29) is 0 Å². The number of hydrazine groups is 1. The van der Waals surface area contributed by atoms with Crippen LogP contribution in [0.15, 0.2) is 0 Å². The Morgan fingerprint density at radius 3 is 2.29 bits per heavy atom. The minimum atomic E-state index is 0.731. The van der Waals surface area contributed by atoms with Crippen LogP contribution in [-0.2, 0) is 6.42 Å². The summed E-state index contributed by atoms with van der Waals surface area (Å²) in [6, 6.07) is 0. The summed E-state index contributed by atoms with van der Waals surface area (Å²) < 4.78 is 0. The van der Waals surface area contributed by atoms with Crippen molar-refractivity contribution in [3.05, 3.63) is 11.4 Å². The van der Waals surface area contributed by atoms with Crippen molar-refractivity contribution in [3.63, 3.8) is 0 Å². The molecule has 0 aliphatic heterocycles. The first-order valence-electron chi connectivity index (χ1n) is 7.77. The molecule has 0 saturated heterocycles. The van der Waals surface area contributed by atoms with E-state index in [1.807, 2.05) is 6.92 Å². The quantitative estimate of drug-likeness (QED) is 0.534. The summed E-state index contributed by atoms with van der Waals surface area (Å²) in [5, 5.41) is 0. The van der Waals surface area contributed by atoms with Crippen LogP contribution < -0.4 is 16.2 Å². The van der Waals surface area contributed by atoms with Gasteiger partial charge in [-0.2, -0.15) is 0 Å². The molecule has 1 heterocycles. The second-order valence-electron chi connectivity index (χ2n) is 5.62. The minimum Gasteiger partial charge on any atom is -0.355 e. The van der Waals surface area contributed by atoms with Gasteiger partial charge in [0.1, 0.15) is 17.5 Å². The third-order valence-corrected chi connectivity index (χ3v) is 3.39. The lowest BCUT2D eigenvalue weighted by molar-refractivity contribution is 0.412. The number of likely N-dealkylation sites (N-methyl/N-ethyl adjacent to an activating group) is 1. The molecular weight excluding hydrogens is 264 g/mol. The predicted molar refractivity (Wildman–Crippen MR) is 89.6 cm³/mol. The first-order valence-corrected chi connectivity index (χ1v) is 7.77. The third kappa shape index (κ3) is 5.13. The van der Waals surface area contributed by atoms with E-state index in [4.69, 9.17) is 10.8 Å². The monoisotopic (exact) mass is 294 g/mol. The maximum Gasteiger partial charge on any atom is 0.148 e. The first-order chi connectivity index (χ1) is 10.0. The fourth-order valence-electron chi connectivity index (χ4n) is 2.25. The molecule has 0 aliphatic carbocycles. The number of anilines is 2. The molecule has 6 nitrogen and oxygen atoms in total. The topological polar surface area (TPSA) is 70.3 Å². The van der Waals surface area contributed by atoms with E-state index in [0.29, 0.717) is 0 Å². The lowest BCUT2D eigenvalue weighted by Gasteiger charge is -2.27. The van der Waals surface area contributed by atoms with Gasteiger partial charge in [0.25, 0.3) is 0 Å². The maximum atomic E-state index is 5.61. The highest BCUT2D eigenvalue weighted by Gasteiger charge is 2.16. The maximum absolute atomic E-state index is 5.61. The van der Waals surface area contributed by atoms with Gasteiger partial charge in [-0.25, -0.2) is 15.8 Å². The number of nitrogens with one attached hydrogen (secondary N) is 1. The highest BCUT2D eigenvalue weighted by molar-refractivity contribution is 5.58. The number of aromatic nitrogens is 2. The molecule has 0 spiro atoms. The summed E-state index contributed by atoms with van der Waals surface area (Å²) in [5.74, 6) is 8.21. The van der Waals surface area contributed by atoms with Crippen molar-refractivity contribution in [2.75, 3.05) is 44.1 Å². The number of nitrogens with two attached hydrogens (primary N) is 1. The molecule has 3 N–H and O–H groups in total. The van der Waals surface area contributed by atoms with Crippen molar-refractivity contribution in [2.24, 2.45) is 5.84 Å². The van der Waals surface area contributed by atoms with Crippen LogP contribution in [0.25, 0.3) is 0 Å². The van der Waals surface area contributed by atoms with E-state index in [2.05, 4.69) is 48.2 Å². The number of aryl methyl sites for hydroxylation is 1. The van der Waals surface area contributed by atoms with Gasteiger partial charge in [-0.1, -0.05) is 13.8 Å². The standard InChI is InChI=1S/C15H30N6/c1-6-8-13-17-14(19-16)12(3)15(18-13)21(9-7-2)11-10-20(4)5/h6-11,16H2,1-5H3,(H,17,18,19). The Morgan fingerprint density at radius 2 is 1.76 bits per heavy atom. The minimum absolute atomic E-state index is 0.731. The lowest BCUT2D eigenvalue weighted by Crippen LogP contribution is -2.34. The molecule has 0 unspecified atom stereocenters. The smallest absolute Gasteiger partial charge is 0.148 e. The summed E-state index contributed by atoms with van der Waals surface area (Å²) in [4.78, 5) is 13.8. The van der Waals surface area contributed by atoms with E-state index < -0.39 is 0 Å². The molecular formula is C15H30N6. The van der Waals surface area contributed by atoms with Crippen molar-refractivity contribution in [1.29, 1.82) is 0 Å². The zero-order valence-electron chi connectivity index (χ0n) is 14.1. The van der Waals surface area contributed by atoms with Crippen molar-refractivity contribution in [2.45, 2.75) is 40.0 Å². The number of hydrogen-bond acceptors (Lipinski definition) is 6. The molecule has 0 bridgehead atoms. The average Bonchev–Trinajstić information content (AvgIpc) is 2.45. The fraction of sp³-hybridized carbons (Fsp3) is 0.733. The molecule has 0 saturated carbocycles. The normalized spacial score (nSPS) is 11.0. The van der Waals surface area contributed by atoms with Crippen LogP contribution in [0.1, 0.15) is 38.1 Å². The number of nitrogens with zero attached hydrogens (tertiary/aromatic N) is 4. The predicted octanol–water partition coefficient (Wildman–Crippen LogP) is 1.80. The molecule has 120 valence electrons. The van der Waals surface area contributed by atoms with Crippen molar-refractivity contribution in [3.8, 4) is 0 Å². The Kier molecular flexibility index (Phi) is 7.39. The van der Waals surface area contributed by atoms with E-state index in [0.717, 1.165) is 61.9 Å². The second-order valence-corrected chi connectivity index (χ2v) is 5.62. The molecule has 0 aliphatic rings. The molecule has 1 aromatic rings. The Hall–Kier alpha value is -1.40. The molecule has 0 radical (unpaired) electrons. The van der Waals surface area contributed by atoms with E-state index in [1.165, 1.54) is 0 Å². The van der Waals surface area contributed by atoms with Crippen LogP contribution in [0.3, 0.4) is 0 Å². The zero-order chi connectivity index (χ0) is 15.8. The molecule has 1 aromatic heterocycles. The van der Waals surface area contributed by atoms with Gasteiger partial charge >= 0.3 is 0 Å². The van der Waals surface area contributed by atoms with Gasteiger partial charge in [-0.15, -0.1) is 0 Å². The first kappa shape index (κ1) is 17.7. The molecule has 1 rings (SSSR count). The summed E-state index contributed by atoms with van der Waals surface area (Å²) in [7, 11) is 4.18. The van der Waals surface area contributed by atoms with Gasteiger partial charge < -0.3 is 15.2 Å². The van der Waals surface area contributed by atoms with Gasteiger partial charge in [-0.3, -0.25) is 0 Å². The van der Waals surface area contributed by atoms with Crippen molar-refractivity contribution >= 4 is 11.6 Å². The number of hydrogen-bond donors (Lipinski definition) is 2. The number of nitrogen functional groups attached to an aromatic ring is 1. The van der Waals surface area contributed by atoms with Gasteiger partial charge in [-0.05, 0) is 33.9 Å². The zero-order valence-corrected chi connectivity index (χ0v) is 14.1. The summed E-state index contributed by atoms with van der Waals surface area (Å²) >= 11 is 0. The molecule has 0 fully saturated rings. The molecule has 0 amide bonds. The highest BCUT2D eigenvalue weighted by atomic mass is 15.3. The van der Waals surface area contributed by atoms with Gasteiger partial charge in [0.15, 0.2) is 0 Å². The van der Waals surface area contributed by atoms with Crippen LogP contribution in [0.5, 0.6) is 0 Å². The Labute approximate surface area is 128 Å². The Balaban J connectivity index is 3.11. The third-order valence-electron chi connectivity index (χ3n) is 3.39. The summed E-state index contributed by atoms with van der Waals surface area (Å²) in [6.45, 7) is 9.29. The molecule has 0 aromatic carbocycles. The molecule has 6 heteroatoms. The van der Waals surface area contributed by atoms with Crippen molar-refractivity contribution < 1.29 is 0 Å². The lowest BCUT2D eigenvalue weighted by atomic mass is 10.2. The van der Waals surface area contributed by atoms with E-state index in [1.54, 1.807) is 0 Å². The van der Waals surface area contributed by atoms with Crippen LogP contribution >= 0.6 is 0 Å². The Bertz CT molecular complexity index is 432. The summed E-state index contributed by atoms with van der Waals surface area (Å²) in [6.07, 6.45) is 2.99. The van der Waals surface area contributed by atoms with Crippen molar-refractivity contribution in [1.82, 2.24) is 14.9 Å².